The molecule has 148 valence electrons. The van der Waals surface area contributed by atoms with Gasteiger partial charge in [-0.2, -0.15) is 10.2 Å². The van der Waals surface area contributed by atoms with E-state index in [-0.39, 0.29) is 5.91 Å². The van der Waals surface area contributed by atoms with Gasteiger partial charge in [-0.3, -0.25) is 14.2 Å². The Labute approximate surface area is 178 Å². The molecule has 2 aromatic heterocycles. The molecule has 0 saturated carbocycles. The van der Waals surface area contributed by atoms with Crippen LogP contribution in [-0.4, -0.2) is 37.4 Å². The number of hydrogen-bond acceptors (Lipinski definition) is 3. The van der Waals surface area contributed by atoms with Crippen molar-refractivity contribution in [3.8, 4) is 0 Å². The van der Waals surface area contributed by atoms with Crippen LogP contribution in [0.2, 0.25) is 5.02 Å². The zero-order chi connectivity index (χ0) is 20.4. The molecule has 0 spiro atoms. The number of aromatic nitrogens is 4. The molecule has 0 aliphatic rings. The zero-order valence-corrected chi connectivity index (χ0v) is 18.8. The van der Waals surface area contributed by atoms with Gasteiger partial charge in [-0.25, -0.2) is 0 Å². The van der Waals surface area contributed by atoms with E-state index in [9.17, 15) is 4.79 Å². The SMILES string of the molecule is CCn1cc(Br)c(CN(C)C(=O)c2cccc(Cn3nc(C)c(Cl)c3C)c2)n1. The Morgan fingerprint density at radius 2 is 2.04 bits per heavy atom. The molecular weight excluding hydrogens is 442 g/mol. The first kappa shape index (κ1) is 20.6. The molecule has 0 radical (unpaired) electrons. The van der Waals surface area contributed by atoms with Gasteiger partial charge in [0.1, 0.15) is 0 Å². The summed E-state index contributed by atoms with van der Waals surface area (Å²) >= 11 is 9.75. The van der Waals surface area contributed by atoms with Crippen LogP contribution in [0.1, 0.15) is 39.9 Å². The third-order valence-electron chi connectivity index (χ3n) is 4.64. The Morgan fingerprint density at radius 1 is 1.29 bits per heavy atom. The molecule has 0 bridgehead atoms. The van der Waals surface area contributed by atoms with E-state index >= 15 is 0 Å². The largest absolute Gasteiger partial charge is 0.336 e. The lowest BCUT2D eigenvalue weighted by atomic mass is 10.1. The van der Waals surface area contributed by atoms with Crippen LogP contribution in [0.4, 0.5) is 0 Å². The number of benzene rings is 1. The third kappa shape index (κ3) is 4.31. The molecular formula is C20H23BrClN5O. The fraction of sp³-hybridized carbons (Fsp3) is 0.350. The standard InChI is InChI=1S/C20H23BrClN5O/c1-5-26-11-17(21)18(24-26)12-25(4)20(28)16-8-6-7-15(9-16)10-27-14(3)19(22)13(2)23-27/h6-9,11H,5,10,12H2,1-4H3. The number of rotatable bonds is 6. The Kier molecular flexibility index (Phi) is 6.25. The van der Waals surface area contributed by atoms with E-state index in [4.69, 9.17) is 11.6 Å². The third-order valence-corrected chi connectivity index (χ3v) is 5.85. The summed E-state index contributed by atoms with van der Waals surface area (Å²) in [6, 6.07) is 7.62. The van der Waals surface area contributed by atoms with Crippen molar-refractivity contribution in [2.45, 2.75) is 40.4 Å². The summed E-state index contributed by atoms with van der Waals surface area (Å²) in [5.74, 6) is -0.0498. The molecule has 2 heterocycles. The van der Waals surface area contributed by atoms with Crippen LogP contribution in [-0.2, 0) is 19.6 Å². The minimum absolute atomic E-state index is 0.0498. The first-order valence-electron chi connectivity index (χ1n) is 9.05. The molecule has 8 heteroatoms. The van der Waals surface area contributed by atoms with Crippen molar-refractivity contribution in [3.63, 3.8) is 0 Å². The highest BCUT2D eigenvalue weighted by Gasteiger charge is 2.16. The number of hydrogen-bond donors (Lipinski definition) is 0. The second-order valence-corrected chi connectivity index (χ2v) is 8.02. The Bertz CT molecular complexity index is 1010. The predicted octanol–water partition coefficient (Wildman–Crippen LogP) is 4.45. The predicted molar refractivity (Wildman–Crippen MR) is 114 cm³/mol. The molecule has 1 aromatic carbocycles. The smallest absolute Gasteiger partial charge is 0.253 e. The number of carbonyl (C=O) groups excluding carboxylic acids is 1. The molecule has 1 amide bonds. The molecule has 28 heavy (non-hydrogen) atoms. The Balaban J connectivity index is 1.75. The van der Waals surface area contributed by atoms with Crippen LogP contribution in [0.25, 0.3) is 0 Å². The minimum Gasteiger partial charge on any atom is -0.336 e. The number of halogens is 2. The van der Waals surface area contributed by atoms with Crippen molar-refractivity contribution in [2.24, 2.45) is 0 Å². The molecule has 3 rings (SSSR count). The van der Waals surface area contributed by atoms with Gasteiger partial charge in [-0.05, 0) is 54.4 Å². The fourth-order valence-electron chi connectivity index (χ4n) is 3.03. The van der Waals surface area contributed by atoms with E-state index in [2.05, 4.69) is 26.1 Å². The van der Waals surface area contributed by atoms with Gasteiger partial charge < -0.3 is 4.90 Å². The number of carbonyl (C=O) groups is 1. The summed E-state index contributed by atoms with van der Waals surface area (Å²) in [5.41, 5.74) is 4.20. The normalized spacial score (nSPS) is 11.1. The van der Waals surface area contributed by atoms with E-state index in [1.807, 2.05) is 60.6 Å². The summed E-state index contributed by atoms with van der Waals surface area (Å²) < 4.78 is 4.61. The van der Waals surface area contributed by atoms with Crippen molar-refractivity contribution in [1.82, 2.24) is 24.5 Å². The van der Waals surface area contributed by atoms with Crippen molar-refractivity contribution < 1.29 is 4.79 Å². The van der Waals surface area contributed by atoms with Gasteiger partial charge in [0.25, 0.3) is 5.91 Å². The highest BCUT2D eigenvalue weighted by Crippen LogP contribution is 2.21. The van der Waals surface area contributed by atoms with E-state index in [0.29, 0.717) is 23.7 Å². The molecule has 0 N–H and O–H groups in total. The van der Waals surface area contributed by atoms with Gasteiger partial charge in [0, 0.05) is 25.4 Å². The van der Waals surface area contributed by atoms with Crippen LogP contribution in [0, 0.1) is 13.8 Å². The van der Waals surface area contributed by atoms with Gasteiger partial charge in [0.15, 0.2) is 0 Å². The summed E-state index contributed by atoms with van der Waals surface area (Å²) in [6.45, 7) is 7.64. The Morgan fingerprint density at radius 3 is 2.64 bits per heavy atom. The number of aryl methyl sites for hydroxylation is 2. The maximum absolute atomic E-state index is 12.9. The molecule has 0 aliphatic carbocycles. The maximum atomic E-state index is 12.9. The van der Waals surface area contributed by atoms with E-state index in [0.717, 1.165) is 33.7 Å². The number of amides is 1. The monoisotopic (exact) mass is 463 g/mol. The fourth-order valence-corrected chi connectivity index (χ4v) is 3.60. The van der Waals surface area contributed by atoms with Gasteiger partial charge >= 0.3 is 0 Å². The average Bonchev–Trinajstić information content (AvgIpc) is 3.15. The van der Waals surface area contributed by atoms with Crippen molar-refractivity contribution in [1.29, 1.82) is 0 Å². The Hall–Kier alpha value is -2.12. The molecule has 0 fully saturated rings. The van der Waals surface area contributed by atoms with Gasteiger partial charge in [0.05, 0.1) is 39.7 Å². The lowest BCUT2D eigenvalue weighted by Crippen LogP contribution is -2.26. The first-order valence-corrected chi connectivity index (χ1v) is 10.2. The summed E-state index contributed by atoms with van der Waals surface area (Å²) in [4.78, 5) is 14.6. The van der Waals surface area contributed by atoms with E-state index in [1.54, 1.807) is 11.9 Å². The first-order chi connectivity index (χ1) is 13.3. The van der Waals surface area contributed by atoms with Crippen LogP contribution < -0.4 is 0 Å². The summed E-state index contributed by atoms with van der Waals surface area (Å²) in [6.07, 6.45) is 1.92. The van der Waals surface area contributed by atoms with Crippen LogP contribution in [0.3, 0.4) is 0 Å². The lowest BCUT2D eigenvalue weighted by molar-refractivity contribution is 0.0782. The van der Waals surface area contributed by atoms with Gasteiger partial charge in [0.2, 0.25) is 0 Å². The van der Waals surface area contributed by atoms with Crippen LogP contribution in [0.5, 0.6) is 0 Å². The highest BCUT2D eigenvalue weighted by atomic mass is 79.9. The van der Waals surface area contributed by atoms with E-state index < -0.39 is 0 Å². The molecule has 0 unspecified atom stereocenters. The van der Waals surface area contributed by atoms with Crippen molar-refractivity contribution in [2.75, 3.05) is 7.05 Å². The molecule has 6 nitrogen and oxygen atoms in total. The van der Waals surface area contributed by atoms with Crippen LogP contribution >= 0.6 is 27.5 Å². The summed E-state index contributed by atoms with van der Waals surface area (Å²) in [5, 5.41) is 9.64. The average molecular weight is 465 g/mol. The lowest BCUT2D eigenvalue weighted by Gasteiger charge is -2.17. The molecule has 3 aromatic rings. The second-order valence-electron chi connectivity index (χ2n) is 6.78. The van der Waals surface area contributed by atoms with Gasteiger partial charge in [-0.15, -0.1) is 0 Å². The van der Waals surface area contributed by atoms with Crippen molar-refractivity contribution >= 4 is 33.4 Å². The van der Waals surface area contributed by atoms with E-state index in [1.165, 1.54) is 0 Å². The van der Waals surface area contributed by atoms with Crippen LogP contribution in [0.15, 0.2) is 34.9 Å². The second kappa shape index (κ2) is 8.49. The molecule has 0 atom stereocenters. The van der Waals surface area contributed by atoms with Crippen molar-refractivity contribution in [3.05, 3.63) is 68.2 Å². The molecule has 0 aliphatic heterocycles. The highest BCUT2D eigenvalue weighted by molar-refractivity contribution is 9.10. The topological polar surface area (TPSA) is 56.0 Å². The molecule has 0 saturated heterocycles. The zero-order valence-electron chi connectivity index (χ0n) is 16.4. The quantitative estimate of drug-likeness (QED) is 0.541. The maximum Gasteiger partial charge on any atom is 0.253 e. The minimum atomic E-state index is -0.0498. The van der Waals surface area contributed by atoms with Gasteiger partial charge in [-0.1, -0.05) is 23.7 Å². The number of nitrogens with zero attached hydrogens (tertiary/aromatic N) is 5. The summed E-state index contributed by atoms with van der Waals surface area (Å²) in [7, 11) is 1.78.